The molecular weight excluding hydrogens is 250 g/mol. The SMILES string of the molecule is COc1cc(C)ccc1-c1nc(C)cc(CC(C)N)n1. The highest BCUT2D eigenvalue weighted by Gasteiger charge is 2.11. The average Bonchev–Trinajstić information content (AvgIpc) is 2.36. The van der Waals surface area contributed by atoms with Gasteiger partial charge in [-0.1, -0.05) is 6.07 Å². The van der Waals surface area contributed by atoms with E-state index in [1.807, 2.05) is 45.0 Å². The first-order valence-corrected chi connectivity index (χ1v) is 6.74. The zero-order chi connectivity index (χ0) is 14.7. The molecule has 2 N–H and O–H groups in total. The third-order valence-corrected chi connectivity index (χ3v) is 3.04. The van der Waals surface area contributed by atoms with E-state index in [-0.39, 0.29) is 6.04 Å². The molecule has 0 spiro atoms. The second-order valence-corrected chi connectivity index (χ2v) is 5.21. The Balaban J connectivity index is 2.49. The number of benzene rings is 1. The minimum absolute atomic E-state index is 0.0806. The second kappa shape index (κ2) is 6.01. The van der Waals surface area contributed by atoms with Crippen LogP contribution in [0.2, 0.25) is 0 Å². The summed E-state index contributed by atoms with van der Waals surface area (Å²) in [6.07, 6.45) is 0.741. The van der Waals surface area contributed by atoms with Crippen molar-refractivity contribution in [1.82, 2.24) is 9.97 Å². The highest BCUT2D eigenvalue weighted by Crippen LogP contribution is 2.28. The fourth-order valence-electron chi connectivity index (χ4n) is 2.17. The summed E-state index contributed by atoms with van der Waals surface area (Å²) in [5.74, 6) is 1.49. The van der Waals surface area contributed by atoms with Crippen LogP contribution in [0.4, 0.5) is 0 Å². The van der Waals surface area contributed by atoms with Gasteiger partial charge in [0.25, 0.3) is 0 Å². The standard InChI is InChI=1S/C16H21N3O/c1-10-5-6-14(15(7-10)20-4)16-18-12(3)9-13(19-16)8-11(2)17/h5-7,9,11H,8,17H2,1-4H3. The van der Waals surface area contributed by atoms with Crippen LogP contribution >= 0.6 is 0 Å². The van der Waals surface area contributed by atoms with Crippen molar-refractivity contribution in [2.75, 3.05) is 7.11 Å². The topological polar surface area (TPSA) is 61.0 Å². The van der Waals surface area contributed by atoms with Gasteiger partial charge in [0.1, 0.15) is 5.75 Å². The van der Waals surface area contributed by atoms with E-state index in [0.29, 0.717) is 5.82 Å². The van der Waals surface area contributed by atoms with E-state index in [1.165, 1.54) is 0 Å². The third kappa shape index (κ3) is 3.33. The molecule has 0 saturated heterocycles. The van der Waals surface area contributed by atoms with E-state index in [1.54, 1.807) is 7.11 Å². The van der Waals surface area contributed by atoms with Crippen molar-refractivity contribution in [3.63, 3.8) is 0 Å². The van der Waals surface area contributed by atoms with Crippen molar-refractivity contribution in [1.29, 1.82) is 0 Å². The number of methoxy groups -OCH3 is 1. The van der Waals surface area contributed by atoms with Crippen molar-refractivity contribution in [3.8, 4) is 17.1 Å². The number of hydrogen-bond donors (Lipinski definition) is 1. The molecule has 0 aliphatic carbocycles. The Bertz CT molecular complexity index is 609. The normalized spacial score (nSPS) is 12.2. The Morgan fingerprint density at radius 3 is 2.60 bits per heavy atom. The summed E-state index contributed by atoms with van der Waals surface area (Å²) >= 11 is 0. The number of ether oxygens (including phenoxy) is 1. The van der Waals surface area contributed by atoms with Gasteiger partial charge < -0.3 is 10.5 Å². The molecule has 106 valence electrons. The Morgan fingerprint density at radius 2 is 1.95 bits per heavy atom. The Hall–Kier alpha value is -1.94. The molecule has 2 aromatic rings. The predicted molar refractivity (Wildman–Crippen MR) is 80.8 cm³/mol. The molecule has 20 heavy (non-hydrogen) atoms. The Kier molecular flexibility index (Phi) is 4.35. The maximum atomic E-state index is 5.85. The average molecular weight is 271 g/mol. The van der Waals surface area contributed by atoms with E-state index < -0.39 is 0 Å². The third-order valence-electron chi connectivity index (χ3n) is 3.04. The van der Waals surface area contributed by atoms with Gasteiger partial charge in [-0.15, -0.1) is 0 Å². The van der Waals surface area contributed by atoms with E-state index in [2.05, 4.69) is 9.97 Å². The van der Waals surface area contributed by atoms with Crippen LogP contribution in [0.5, 0.6) is 5.75 Å². The summed E-state index contributed by atoms with van der Waals surface area (Å²) in [6.45, 7) is 5.98. The van der Waals surface area contributed by atoms with Gasteiger partial charge >= 0.3 is 0 Å². The van der Waals surface area contributed by atoms with Crippen molar-refractivity contribution >= 4 is 0 Å². The maximum Gasteiger partial charge on any atom is 0.163 e. The van der Waals surface area contributed by atoms with Gasteiger partial charge in [0.2, 0.25) is 0 Å². The molecule has 0 amide bonds. The molecule has 1 unspecified atom stereocenters. The van der Waals surface area contributed by atoms with Crippen LogP contribution in [-0.2, 0) is 6.42 Å². The molecule has 0 saturated carbocycles. The molecule has 4 nitrogen and oxygen atoms in total. The lowest BCUT2D eigenvalue weighted by Gasteiger charge is -2.11. The number of aromatic nitrogens is 2. The van der Waals surface area contributed by atoms with Gasteiger partial charge in [-0.05, 0) is 44.5 Å². The molecule has 0 fully saturated rings. The van der Waals surface area contributed by atoms with E-state index >= 15 is 0 Å². The number of nitrogens with zero attached hydrogens (tertiary/aromatic N) is 2. The van der Waals surface area contributed by atoms with Crippen LogP contribution in [0.15, 0.2) is 24.3 Å². The lowest BCUT2D eigenvalue weighted by Crippen LogP contribution is -2.19. The summed E-state index contributed by atoms with van der Waals surface area (Å²) in [7, 11) is 1.66. The minimum Gasteiger partial charge on any atom is -0.496 e. The first kappa shape index (κ1) is 14.5. The molecule has 2 rings (SSSR count). The van der Waals surface area contributed by atoms with Crippen molar-refractivity contribution in [2.24, 2.45) is 5.73 Å². The van der Waals surface area contributed by atoms with Crippen molar-refractivity contribution in [2.45, 2.75) is 33.2 Å². The molecule has 1 heterocycles. The number of nitrogens with two attached hydrogens (primary N) is 1. The molecule has 0 aliphatic rings. The largest absolute Gasteiger partial charge is 0.496 e. The first-order valence-electron chi connectivity index (χ1n) is 6.74. The van der Waals surface area contributed by atoms with Crippen molar-refractivity contribution < 1.29 is 4.74 Å². The van der Waals surface area contributed by atoms with Crippen LogP contribution in [0.3, 0.4) is 0 Å². The molecular formula is C16H21N3O. The summed E-state index contributed by atoms with van der Waals surface area (Å²) in [5.41, 5.74) is 9.81. The van der Waals surface area contributed by atoms with Crippen LogP contribution < -0.4 is 10.5 Å². The van der Waals surface area contributed by atoms with Crippen LogP contribution in [0.1, 0.15) is 23.9 Å². The quantitative estimate of drug-likeness (QED) is 0.928. The fourth-order valence-corrected chi connectivity index (χ4v) is 2.17. The van der Waals surface area contributed by atoms with Gasteiger partial charge in [0.05, 0.1) is 12.7 Å². The summed E-state index contributed by atoms with van der Waals surface area (Å²) in [6, 6.07) is 8.09. The number of aryl methyl sites for hydroxylation is 2. The summed E-state index contributed by atoms with van der Waals surface area (Å²) < 4.78 is 5.44. The van der Waals surface area contributed by atoms with E-state index in [4.69, 9.17) is 10.5 Å². The second-order valence-electron chi connectivity index (χ2n) is 5.21. The van der Waals surface area contributed by atoms with Crippen LogP contribution in [0.25, 0.3) is 11.4 Å². The van der Waals surface area contributed by atoms with Crippen LogP contribution in [0, 0.1) is 13.8 Å². The molecule has 0 aliphatic heterocycles. The molecule has 1 aromatic heterocycles. The van der Waals surface area contributed by atoms with Gasteiger partial charge in [-0.25, -0.2) is 9.97 Å². The van der Waals surface area contributed by atoms with Crippen molar-refractivity contribution in [3.05, 3.63) is 41.2 Å². The van der Waals surface area contributed by atoms with Gasteiger partial charge in [0.15, 0.2) is 5.82 Å². The zero-order valence-corrected chi connectivity index (χ0v) is 12.5. The number of rotatable bonds is 4. The Labute approximate surface area is 120 Å². The van der Waals surface area contributed by atoms with Gasteiger partial charge in [-0.2, -0.15) is 0 Å². The minimum atomic E-state index is 0.0806. The molecule has 1 aromatic carbocycles. The monoisotopic (exact) mass is 271 g/mol. The lowest BCUT2D eigenvalue weighted by atomic mass is 10.1. The smallest absolute Gasteiger partial charge is 0.163 e. The molecule has 1 atom stereocenters. The molecule has 4 heteroatoms. The highest BCUT2D eigenvalue weighted by atomic mass is 16.5. The predicted octanol–water partition coefficient (Wildman–Crippen LogP) is 2.66. The summed E-state index contributed by atoms with van der Waals surface area (Å²) in [4.78, 5) is 9.13. The molecule has 0 bridgehead atoms. The zero-order valence-electron chi connectivity index (χ0n) is 12.5. The maximum absolute atomic E-state index is 5.85. The number of hydrogen-bond acceptors (Lipinski definition) is 4. The van der Waals surface area contributed by atoms with E-state index in [9.17, 15) is 0 Å². The lowest BCUT2D eigenvalue weighted by molar-refractivity contribution is 0.416. The Morgan fingerprint density at radius 1 is 1.20 bits per heavy atom. The summed E-state index contributed by atoms with van der Waals surface area (Å²) in [5, 5.41) is 0. The van der Waals surface area contributed by atoms with Crippen LogP contribution in [-0.4, -0.2) is 23.1 Å². The van der Waals surface area contributed by atoms with Gasteiger partial charge in [0, 0.05) is 23.9 Å². The molecule has 0 radical (unpaired) electrons. The first-order chi connectivity index (χ1) is 9.49. The highest BCUT2D eigenvalue weighted by molar-refractivity contribution is 5.65. The fraction of sp³-hybridized carbons (Fsp3) is 0.375. The van der Waals surface area contributed by atoms with E-state index in [0.717, 1.165) is 34.7 Å². The van der Waals surface area contributed by atoms with Gasteiger partial charge in [-0.3, -0.25) is 0 Å².